The van der Waals surface area contributed by atoms with Crippen molar-refractivity contribution in [3.63, 3.8) is 0 Å². The number of carbonyl (C=O) groups is 1. The molecule has 1 aliphatic heterocycles. The fourth-order valence-corrected chi connectivity index (χ4v) is 4.21. The molecule has 7 heteroatoms. The average molecular weight is 348 g/mol. The first kappa shape index (κ1) is 17.1. The molecule has 0 saturated carbocycles. The Kier molecular flexibility index (Phi) is 5.01. The zero-order valence-electron chi connectivity index (χ0n) is 14.4. The Balaban J connectivity index is 1.65. The fraction of sp³-hybridized carbons (Fsp3) is 0.588. The highest BCUT2D eigenvalue weighted by Gasteiger charge is 2.22. The molecule has 0 aromatic carbocycles. The minimum atomic E-state index is -0.107. The third kappa shape index (κ3) is 3.52. The maximum atomic E-state index is 12.2. The monoisotopic (exact) mass is 348 g/mol. The SMILES string of the molecule is Cc1sc2nc(CCC(=O)NC3CCNCC3C)[nH]c(=O)c2c1C. The Bertz CT molecular complexity index is 811. The van der Waals surface area contributed by atoms with Crippen molar-refractivity contribution in [1.82, 2.24) is 20.6 Å². The van der Waals surface area contributed by atoms with Gasteiger partial charge in [0.1, 0.15) is 10.7 Å². The number of thiophene rings is 1. The van der Waals surface area contributed by atoms with Crippen LogP contribution in [0.1, 0.15) is 36.0 Å². The first-order valence-electron chi connectivity index (χ1n) is 8.44. The molecular formula is C17H24N4O2S. The molecule has 2 unspecified atom stereocenters. The maximum Gasteiger partial charge on any atom is 0.259 e. The predicted molar refractivity (Wildman–Crippen MR) is 96.6 cm³/mol. The van der Waals surface area contributed by atoms with Crippen molar-refractivity contribution in [2.45, 2.75) is 46.1 Å². The molecule has 0 spiro atoms. The number of fused-ring (bicyclic) bond motifs is 1. The molecule has 1 aliphatic rings. The summed E-state index contributed by atoms with van der Waals surface area (Å²) in [6, 6.07) is 0.232. The summed E-state index contributed by atoms with van der Waals surface area (Å²) in [4.78, 5) is 33.6. The van der Waals surface area contributed by atoms with Gasteiger partial charge in [0.15, 0.2) is 0 Å². The van der Waals surface area contributed by atoms with E-state index in [9.17, 15) is 9.59 Å². The second-order valence-corrected chi connectivity index (χ2v) is 7.82. The smallest absolute Gasteiger partial charge is 0.259 e. The second kappa shape index (κ2) is 7.03. The van der Waals surface area contributed by atoms with Crippen LogP contribution in [-0.2, 0) is 11.2 Å². The van der Waals surface area contributed by atoms with Gasteiger partial charge in [0, 0.05) is 23.8 Å². The van der Waals surface area contributed by atoms with E-state index in [2.05, 4.69) is 27.5 Å². The van der Waals surface area contributed by atoms with Crippen LogP contribution in [0.3, 0.4) is 0 Å². The van der Waals surface area contributed by atoms with Gasteiger partial charge >= 0.3 is 0 Å². The number of piperidine rings is 1. The number of aromatic amines is 1. The number of nitrogens with zero attached hydrogens (tertiary/aromatic N) is 1. The number of rotatable bonds is 4. The minimum Gasteiger partial charge on any atom is -0.353 e. The number of hydrogen-bond acceptors (Lipinski definition) is 5. The summed E-state index contributed by atoms with van der Waals surface area (Å²) in [6.07, 6.45) is 1.75. The molecule has 3 rings (SSSR count). The van der Waals surface area contributed by atoms with Crippen LogP contribution in [0.5, 0.6) is 0 Å². The van der Waals surface area contributed by atoms with Crippen LogP contribution in [-0.4, -0.2) is 35.0 Å². The van der Waals surface area contributed by atoms with Crippen LogP contribution >= 0.6 is 11.3 Å². The summed E-state index contributed by atoms with van der Waals surface area (Å²) in [7, 11) is 0. The summed E-state index contributed by atoms with van der Waals surface area (Å²) in [6.45, 7) is 7.96. The third-order valence-corrected chi connectivity index (χ3v) is 5.91. The number of aryl methyl sites for hydroxylation is 3. The van der Waals surface area contributed by atoms with Gasteiger partial charge in [-0.05, 0) is 44.8 Å². The number of H-pyrrole nitrogens is 1. The first-order chi connectivity index (χ1) is 11.5. The molecule has 24 heavy (non-hydrogen) atoms. The lowest BCUT2D eigenvalue weighted by Gasteiger charge is -2.30. The van der Waals surface area contributed by atoms with Gasteiger partial charge in [-0.15, -0.1) is 11.3 Å². The number of hydrogen-bond donors (Lipinski definition) is 3. The van der Waals surface area contributed by atoms with Crippen LogP contribution in [0.4, 0.5) is 0 Å². The van der Waals surface area contributed by atoms with E-state index in [0.717, 1.165) is 34.8 Å². The predicted octanol–water partition coefficient (Wildman–Crippen LogP) is 1.65. The molecule has 1 saturated heterocycles. The highest BCUT2D eigenvalue weighted by atomic mass is 32.1. The summed E-state index contributed by atoms with van der Waals surface area (Å²) >= 11 is 1.53. The van der Waals surface area contributed by atoms with Crippen LogP contribution in [0.25, 0.3) is 10.2 Å². The molecule has 2 aromatic rings. The lowest BCUT2D eigenvalue weighted by atomic mass is 9.95. The topological polar surface area (TPSA) is 86.9 Å². The van der Waals surface area contributed by atoms with Crippen LogP contribution in [0, 0.1) is 19.8 Å². The molecule has 3 heterocycles. The van der Waals surface area contributed by atoms with Crippen molar-refractivity contribution in [1.29, 1.82) is 0 Å². The molecule has 1 amide bonds. The standard InChI is InChI=1S/C17H24N4O2S/c1-9-8-18-7-6-12(9)19-14(22)5-4-13-20-16(23)15-10(2)11(3)24-17(15)21-13/h9,12,18H,4-8H2,1-3H3,(H,19,22)(H,20,21,23). The van der Waals surface area contributed by atoms with Crippen molar-refractivity contribution in [3.8, 4) is 0 Å². The second-order valence-electron chi connectivity index (χ2n) is 6.62. The van der Waals surface area contributed by atoms with E-state index < -0.39 is 0 Å². The van der Waals surface area contributed by atoms with Crippen molar-refractivity contribution in [3.05, 3.63) is 26.6 Å². The zero-order chi connectivity index (χ0) is 17.3. The van der Waals surface area contributed by atoms with Crippen molar-refractivity contribution in [2.75, 3.05) is 13.1 Å². The van der Waals surface area contributed by atoms with E-state index in [4.69, 9.17) is 0 Å². The average Bonchev–Trinajstić information content (AvgIpc) is 2.82. The largest absolute Gasteiger partial charge is 0.353 e. The highest BCUT2D eigenvalue weighted by Crippen LogP contribution is 2.25. The summed E-state index contributed by atoms with van der Waals surface area (Å²) in [5.74, 6) is 1.05. The number of nitrogens with one attached hydrogen (secondary N) is 3. The molecule has 6 nitrogen and oxygen atoms in total. The van der Waals surface area contributed by atoms with Crippen molar-refractivity contribution >= 4 is 27.5 Å². The van der Waals surface area contributed by atoms with Gasteiger partial charge in [-0.25, -0.2) is 4.98 Å². The summed E-state index contributed by atoms with van der Waals surface area (Å²) in [5, 5.41) is 7.11. The van der Waals surface area contributed by atoms with E-state index in [1.165, 1.54) is 11.3 Å². The molecular weight excluding hydrogens is 324 g/mol. The van der Waals surface area contributed by atoms with Crippen LogP contribution in [0.2, 0.25) is 0 Å². The van der Waals surface area contributed by atoms with Crippen molar-refractivity contribution < 1.29 is 4.79 Å². The molecule has 1 fully saturated rings. The lowest BCUT2D eigenvalue weighted by Crippen LogP contribution is -2.48. The third-order valence-electron chi connectivity index (χ3n) is 4.81. The Hall–Kier alpha value is -1.73. The Morgan fingerprint density at radius 2 is 2.21 bits per heavy atom. The molecule has 0 radical (unpaired) electrons. The number of carbonyl (C=O) groups excluding carboxylic acids is 1. The van der Waals surface area contributed by atoms with Gasteiger partial charge in [-0.1, -0.05) is 6.92 Å². The molecule has 0 bridgehead atoms. The fourth-order valence-electron chi connectivity index (χ4n) is 3.16. The molecule has 130 valence electrons. The normalized spacial score (nSPS) is 21.1. The first-order valence-corrected chi connectivity index (χ1v) is 9.26. The van der Waals surface area contributed by atoms with Gasteiger partial charge in [0.25, 0.3) is 5.56 Å². The van der Waals surface area contributed by atoms with E-state index in [0.29, 0.717) is 30.0 Å². The zero-order valence-corrected chi connectivity index (χ0v) is 15.2. The highest BCUT2D eigenvalue weighted by molar-refractivity contribution is 7.18. The number of amides is 1. The number of aromatic nitrogens is 2. The van der Waals surface area contributed by atoms with E-state index in [-0.39, 0.29) is 17.5 Å². The Labute approximate surface area is 145 Å². The molecule has 2 atom stereocenters. The summed E-state index contributed by atoms with van der Waals surface area (Å²) < 4.78 is 0. The van der Waals surface area contributed by atoms with Gasteiger partial charge in [-0.3, -0.25) is 9.59 Å². The summed E-state index contributed by atoms with van der Waals surface area (Å²) in [5.41, 5.74) is 0.886. The lowest BCUT2D eigenvalue weighted by molar-refractivity contribution is -0.122. The quantitative estimate of drug-likeness (QED) is 0.784. The van der Waals surface area contributed by atoms with Crippen LogP contribution < -0.4 is 16.2 Å². The molecule has 0 aliphatic carbocycles. The van der Waals surface area contributed by atoms with Gasteiger partial charge in [0.05, 0.1) is 5.39 Å². The van der Waals surface area contributed by atoms with E-state index >= 15 is 0 Å². The maximum absolute atomic E-state index is 12.2. The van der Waals surface area contributed by atoms with E-state index in [1.807, 2.05) is 13.8 Å². The van der Waals surface area contributed by atoms with Crippen molar-refractivity contribution in [2.24, 2.45) is 5.92 Å². The van der Waals surface area contributed by atoms with Gasteiger partial charge in [0.2, 0.25) is 5.91 Å². The van der Waals surface area contributed by atoms with E-state index in [1.54, 1.807) is 0 Å². The molecule has 2 aromatic heterocycles. The molecule has 3 N–H and O–H groups in total. The van der Waals surface area contributed by atoms with Gasteiger partial charge < -0.3 is 15.6 Å². The van der Waals surface area contributed by atoms with Crippen LogP contribution in [0.15, 0.2) is 4.79 Å². The van der Waals surface area contributed by atoms with Gasteiger partial charge in [-0.2, -0.15) is 0 Å². The minimum absolute atomic E-state index is 0.0232. The Morgan fingerprint density at radius 1 is 1.42 bits per heavy atom. The Morgan fingerprint density at radius 3 is 2.96 bits per heavy atom.